The number of rotatable bonds is 8. The number of hydrogen-bond acceptors (Lipinski definition) is 8. The van der Waals surface area contributed by atoms with Crippen LogP contribution in [-0.4, -0.2) is 90.0 Å². The molecule has 4 fully saturated rings. The predicted molar refractivity (Wildman–Crippen MR) is 221 cm³/mol. The van der Waals surface area contributed by atoms with Gasteiger partial charge < -0.3 is 20.1 Å². The number of alkyl halides is 1. The van der Waals surface area contributed by atoms with E-state index in [9.17, 15) is 19.1 Å². The Hall–Kier alpha value is -4.87. The van der Waals surface area contributed by atoms with E-state index < -0.39 is 48.9 Å². The maximum atomic E-state index is 17.5. The quantitative estimate of drug-likeness (QED) is 0.0928. The summed E-state index contributed by atoms with van der Waals surface area (Å²) in [6.07, 6.45) is 1.93. The van der Waals surface area contributed by atoms with Crippen LogP contribution in [0, 0.1) is 23.1 Å². The third-order valence-corrected chi connectivity index (χ3v) is 19.7. The molecule has 3 amide bonds. The van der Waals surface area contributed by atoms with Crippen molar-refractivity contribution in [3.8, 4) is 34.4 Å². The highest BCUT2D eigenvalue weighted by Crippen LogP contribution is 2.44. The zero-order chi connectivity index (χ0) is 41.3. The van der Waals surface area contributed by atoms with Gasteiger partial charge in [0, 0.05) is 35.8 Å². The van der Waals surface area contributed by atoms with Crippen molar-refractivity contribution in [1.82, 2.24) is 25.5 Å². The third kappa shape index (κ3) is 6.54. The van der Waals surface area contributed by atoms with E-state index in [1.54, 1.807) is 18.2 Å². The summed E-state index contributed by atoms with van der Waals surface area (Å²) in [7, 11) is -2.31. The Morgan fingerprint density at radius 1 is 0.983 bits per heavy atom. The molecule has 306 valence electrons. The molecule has 0 bridgehead atoms. The molecule has 0 aliphatic carbocycles. The number of fused-ring (bicyclic) bond motifs is 3. The first-order valence-electron chi connectivity index (χ1n) is 20.5. The number of phenols is 1. The van der Waals surface area contributed by atoms with E-state index in [2.05, 4.69) is 73.5 Å². The largest absolute Gasteiger partial charge is 0.508 e. The van der Waals surface area contributed by atoms with E-state index in [0.717, 1.165) is 19.4 Å². The number of hydrogen-bond donors (Lipinski definition) is 3. The number of imide groups is 1. The first kappa shape index (κ1) is 39.9. The van der Waals surface area contributed by atoms with Crippen molar-refractivity contribution in [3.05, 3.63) is 53.6 Å². The second-order valence-electron chi connectivity index (χ2n) is 17.7. The molecule has 1 aromatic heterocycles. The van der Waals surface area contributed by atoms with Crippen LogP contribution in [-0.2, 0) is 4.79 Å². The lowest BCUT2D eigenvalue weighted by atomic mass is 9.89. The highest BCUT2D eigenvalue weighted by Gasteiger charge is 2.51. The number of carbonyl (C=O) groups excluding carboxylic acids is 2. The van der Waals surface area contributed by atoms with Crippen LogP contribution in [0.2, 0.25) is 16.6 Å². The number of ether oxygens (including phenoxy) is 1. The zero-order valence-electron chi connectivity index (χ0n) is 33.9. The van der Waals surface area contributed by atoms with Gasteiger partial charge in [-0.15, -0.1) is 5.54 Å². The van der Waals surface area contributed by atoms with Gasteiger partial charge in [0.15, 0.2) is 5.82 Å². The van der Waals surface area contributed by atoms with Crippen molar-refractivity contribution in [2.24, 2.45) is 0 Å². The summed E-state index contributed by atoms with van der Waals surface area (Å²) in [6, 6.07) is 8.39. The highest BCUT2D eigenvalue weighted by atomic mass is 28.3. The van der Waals surface area contributed by atoms with Crippen LogP contribution in [0.5, 0.6) is 11.8 Å². The molecule has 4 aliphatic heterocycles. The Balaban J connectivity index is 1.30. The second kappa shape index (κ2) is 14.7. The molecule has 4 saturated heterocycles. The zero-order valence-corrected chi connectivity index (χ0v) is 34.9. The van der Waals surface area contributed by atoms with E-state index in [4.69, 9.17) is 9.72 Å². The van der Waals surface area contributed by atoms with Crippen molar-refractivity contribution in [1.29, 1.82) is 0 Å². The molecule has 1 spiro atoms. The summed E-state index contributed by atoms with van der Waals surface area (Å²) in [5, 5.41) is 17.3. The Bertz CT molecular complexity index is 2380. The Morgan fingerprint density at radius 2 is 1.72 bits per heavy atom. The third-order valence-electron chi connectivity index (χ3n) is 13.4. The van der Waals surface area contributed by atoms with Gasteiger partial charge in [-0.3, -0.25) is 15.0 Å². The Morgan fingerprint density at radius 3 is 2.43 bits per heavy atom. The lowest BCUT2D eigenvalue weighted by molar-refractivity contribution is -0.124. The van der Waals surface area contributed by atoms with Gasteiger partial charge in [0.25, 0.3) is 5.91 Å². The fourth-order valence-corrected chi connectivity index (χ4v) is 15.9. The predicted octanol–water partition coefficient (Wildman–Crippen LogP) is 8.14. The van der Waals surface area contributed by atoms with Crippen LogP contribution in [0.3, 0.4) is 0 Å². The molecule has 4 aliphatic rings. The number of nitrogens with one attached hydrogen (secondary N) is 2. The number of halogens is 3. The van der Waals surface area contributed by atoms with Crippen molar-refractivity contribution < 1.29 is 32.6 Å². The molecule has 3 atom stereocenters. The summed E-state index contributed by atoms with van der Waals surface area (Å²) >= 11 is 0. The summed E-state index contributed by atoms with van der Waals surface area (Å²) in [5.74, 6) is 1.72. The minimum atomic E-state index is -2.31. The SMILES string of the molecule is CC(C)[Si](C#Cc1c(F)ccc2cc(O)cc(-c3ccc4c(N5CCCC6(C5)NC(=O)NC6=O)nc(OC[C@@]56CCCN5C[C@H](F)C6)nc4c3F)c12)(C(C)C)C(C)C. The fraction of sp³-hybridized carbons (Fsp3) is 0.500. The van der Waals surface area contributed by atoms with Gasteiger partial charge in [-0.25, -0.2) is 18.0 Å². The molecule has 8 rings (SSSR count). The van der Waals surface area contributed by atoms with E-state index in [1.807, 2.05) is 4.90 Å². The topological polar surface area (TPSA) is 120 Å². The minimum absolute atomic E-state index is 0.0620. The molecule has 4 aromatic rings. The molecule has 5 heterocycles. The van der Waals surface area contributed by atoms with Crippen LogP contribution in [0.15, 0.2) is 36.4 Å². The number of carbonyl (C=O) groups is 2. The summed E-state index contributed by atoms with van der Waals surface area (Å²) in [5.41, 5.74) is 3.14. The van der Waals surface area contributed by atoms with Crippen molar-refractivity contribution in [3.63, 3.8) is 0 Å². The first-order valence-corrected chi connectivity index (χ1v) is 22.7. The lowest BCUT2D eigenvalue weighted by Gasteiger charge is -2.39. The molecule has 58 heavy (non-hydrogen) atoms. The lowest BCUT2D eigenvalue weighted by Crippen LogP contribution is -2.58. The average Bonchev–Trinajstić information content (AvgIpc) is 3.78. The van der Waals surface area contributed by atoms with Crippen LogP contribution in [0.1, 0.15) is 79.2 Å². The maximum Gasteiger partial charge on any atom is 0.322 e. The van der Waals surface area contributed by atoms with Gasteiger partial charge >= 0.3 is 12.0 Å². The molecule has 10 nitrogen and oxygen atoms in total. The van der Waals surface area contributed by atoms with Gasteiger partial charge in [0.2, 0.25) is 0 Å². The number of nitrogens with zero attached hydrogens (tertiary/aromatic N) is 4. The van der Waals surface area contributed by atoms with Crippen molar-refractivity contribution in [2.75, 3.05) is 37.7 Å². The molecule has 3 N–H and O–H groups in total. The van der Waals surface area contributed by atoms with E-state index in [0.29, 0.717) is 71.0 Å². The van der Waals surface area contributed by atoms with Crippen molar-refractivity contribution >= 4 is 47.5 Å². The molecule has 0 saturated carbocycles. The van der Waals surface area contributed by atoms with Crippen LogP contribution in [0.25, 0.3) is 32.8 Å². The van der Waals surface area contributed by atoms with Gasteiger partial charge in [0.1, 0.15) is 49.3 Å². The number of aromatic nitrogens is 2. The molecule has 3 aromatic carbocycles. The second-order valence-corrected chi connectivity index (χ2v) is 23.3. The standard InChI is InChI=1S/C44H51F3N6O4Si/c1-25(2)58(26(3)4,27(5)6)18-13-32-35(46)12-9-28-19-30(54)20-34(36(28)32)31-10-11-33-38(37(31)47)48-42(57-24-43-14-7-17-53(43)22-29(45)21-43)49-39(33)52-16-8-15-44(23-52)40(55)50-41(56)51-44/h9-12,19-20,25-27,29,54H,7-8,14-17,21-24H2,1-6H3,(H2,50,51,55,56)/t29-,43+,44?/m1/s1. The van der Waals surface area contributed by atoms with Gasteiger partial charge in [-0.05, 0) is 84.1 Å². The molecule has 14 heteroatoms. The summed E-state index contributed by atoms with van der Waals surface area (Å²) in [6.45, 7) is 14.8. The molecular formula is C44H51F3N6O4Si. The number of phenolic OH excluding ortho intramolecular Hbond substituents is 1. The molecule has 1 unspecified atom stereocenters. The van der Waals surface area contributed by atoms with Crippen molar-refractivity contribution in [2.45, 2.75) is 108 Å². The van der Waals surface area contributed by atoms with Gasteiger partial charge in [-0.1, -0.05) is 59.6 Å². The van der Waals surface area contributed by atoms with Gasteiger partial charge in [0.05, 0.1) is 17.6 Å². The molecule has 0 radical (unpaired) electrons. The van der Waals surface area contributed by atoms with Crippen LogP contribution < -0.4 is 20.3 Å². The highest BCUT2D eigenvalue weighted by molar-refractivity contribution is 6.90. The number of anilines is 1. The monoisotopic (exact) mass is 812 g/mol. The van der Waals surface area contributed by atoms with E-state index >= 15 is 8.78 Å². The number of amides is 3. The fourth-order valence-electron chi connectivity index (χ4n) is 10.7. The van der Waals surface area contributed by atoms with E-state index in [-0.39, 0.29) is 47.1 Å². The maximum absolute atomic E-state index is 17.5. The average molecular weight is 813 g/mol. The summed E-state index contributed by atoms with van der Waals surface area (Å²) in [4.78, 5) is 38.7. The smallest absolute Gasteiger partial charge is 0.322 e. The minimum Gasteiger partial charge on any atom is -0.508 e. The summed E-state index contributed by atoms with van der Waals surface area (Å²) < 4.78 is 54.6. The van der Waals surface area contributed by atoms with Crippen LogP contribution in [0.4, 0.5) is 23.8 Å². The van der Waals surface area contributed by atoms with Crippen LogP contribution >= 0.6 is 0 Å². The normalized spacial score (nSPS) is 23.7. The van der Waals surface area contributed by atoms with E-state index in [1.165, 1.54) is 18.2 Å². The first-order chi connectivity index (χ1) is 27.6. The number of benzene rings is 3. The number of urea groups is 1. The number of piperidine rings is 1. The number of aromatic hydroxyl groups is 1. The van der Waals surface area contributed by atoms with Gasteiger partial charge in [-0.2, -0.15) is 9.97 Å². The Labute approximate surface area is 337 Å². The Kier molecular flexibility index (Phi) is 10.2. The molecular weight excluding hydrogens is 762 g/mol.